The molecule has 2 atom stereocenters. The maximum Gasteiger partial charge on any atom is 0.118 e. The number of benzene rings is 1. The van der Waals surface area contributed by atoms with E-state index in [1.807, 2.05) is 12.1 Å². The summed E-state index contributed by atoms with van der Waals surface area (Å²) in [6.07, 6.45) is 5.45. The summed E-state index contributed by atoms with van der Waals surface area (Å²) in [6, 6.07) is 8.28. The predicted molar refractivity (Wildman–Crippen MR) is 64.7 cm³/mol. The number of aliphatic hydroxyl groups excluding tert-OH is 1. The lowest BCUT2D eigenvalue weighted by Crippen LogP contribution is -2.01. The molecule has 2 unspecified atom stereocenters. The van der Waals surface area contributed by atoms with Crippen molar-refractivity contribution >= 4 is 0 Å². The Bertz CT molecular complexity index is 318. The van der Waals surface area contributed by atoms with Gasteiger partial charge in [-0.2, -0.15) is 0 Å². The molecule has 0 heterocycles. The summed E-state index contributed by atoms with van der Waals surface area (Å²) >= 11 is 0. The fraction of sp³-hybridized carbons (Fsp3) is 0.571. The molecular formula is C14H20O2. The van der Waals surface area contributed by atoms with Crippen molar-refractivity contribution in [3.05, 3.63) is 29.8 Å². The lowest BCUT2D eigenvalue weighted by Gasteiger charge is -2.09. The van der Waals surface area contributed by atoms with Gasteiger partial charge in [-0.1, -0.05) is 12.1 Å². The second-order valence-corrected chi connectivity index (χ2v) is 4.72. The highest BCUT2D eigenvalue weighted by Crippen LogP contribution is 2.29. The van der Waals surface area contributed by atoms with Crippen molar-refractivity contribution in [2.24, 2.45) is 5.92 Å². The van der Waals surface area contributed by atoms with Gasteiger partial charge in [0.15, 0.2) is 0 Å². The van der Waals surface area contributed by atoms with Crippen LogP contribution in [0.2, 0.25) is 0 Å². The number of aryl methyl sites for hydroxylation is 1. The molecule has 1 saturated carbocycles. The van der Waals surface area contributed by atoms with E-state index < -0.39 is 0 Å². The van der Waals surface area contributed by atoms with E-state index in [1.54, 1.807) is 7.11 Å². The van der Waals surface area contributed by atoms with E-state index in [4.69, 9.17) is 4.74 Å². The summed E-state index contributed by atoms with van der Waals surface area (Å²) < 4.78 is 5.13. The first-order valence-electron chi connectivity index (χ1n) is 6.09. The molecule has 0 radical (unpaired) electrons. The van der Waals surface area contributed by atoms with Crippen LogP contribution in [0.4, 0.5) is 0 Å². The SMILES string of the molecule is COc1ccc(CCC2CCC(O)C2)cc1. The quantitative estimate of drug-likeness (QED) is 0.845. The molecule has 0 bridgehead atoms. The highest BCUT2D eigenvalue weighted by Gasteiger charge is 2.22. The number of rotatable bonds is 4. The Hall–Kier alpha value is -1.02. The number of ether oxygens (including phenoxy) is 1. The van der Waals surface area contributed by atoms with E-state index in [0.29, 0.717) is 0 Å². The lowest BCUT2D eigenvalue weighted by atomic mass is 9.98. The minimum absolute atomic E-state index is 0.0409. The minimum atomic E-state index is -0.0409. The van der Waals surface area contributed by atoms with Gasteiger partial charge in [0, 0.05) is 0 Å². The third kappa shape index (κ3) is 2.99. The molecule has 1 aliphatic carbocycles. The Balaban J connectivity index is 1.80. The first-order chi connectivity index (χ1) is 7.78. The van der Waals surface area contributed by atoms with Gasteiger partial charge in [0.05, 0.1) is 13.2 Å². The van der Waals surface area contributed by atoms with Crippen LogP contribution in [0.5, 0.6) is 5.75 Å². The van der Waals surface area contributed by atoms with Crippen LogP contribution in [-0.4, -0.2) is 18.3 Å². The summed E-state index contributed by atoms with van der Waals surface area (Å²) in [5.41, 5.74) is 1.36. The number of hydrogen-bond donors (Lipinski definition) is 1. The fourth-order valence-corrected chi connectivity index (χ4v) is 2.47. The summed E-state index contributed by atoms with van der Waals surface area (Å²) in [5.74, 6) is 1.64. The number of methoxy groups -OCH3 is 1. The second-order valence-electron chi connectivity index (χ2n) is 4.72. The molecule has 0 spiro atoms. The zero-order valence-corrected chi connectivity index (χ0v) is 9.86. The molecule has 0 aromatic heterocycles. The average molecular weight is 220 g/mol. The molecule has 2 heteroatoms. The maximum absolute atomic E-state index is 9.45. The van der Waals surface area contributed by atoms with Gasteiger partial charge in [0.2, 0.25) is 0 Å². The average Bonchev–Trinajstić information content (AvgIpc) is 2.73. The molecule has 1 N–H and O–H groups in total. The first-order valence-corrected chi connectivity index (χ1v) is 6.09. The zero-order valence-electron chi connectivity index (χ0n) is 9.86. The molecule has 0 saturated heterocycles. The maximum atomic E-state index is 9.45. The molecule has 2 nitrogen and oxygen atoms in total. The standard InChI is InChI=1S/C14H20O2/c1-16-14-8-5-11(6-9-14)2-3-12-4-7-13(15)10-12/h5-6,8-9,12-13,15H,2-4,7,10H2,1H3. The van der Waals surface area contributed by atoms with Crippen LogP contribution in [0.25, 0.3) is 0 Å². The summed E-state index contributed by atoms with van der Waals surface area (Å²) in [5, 5.41) is 9.45. The normalized spacial score (nSPS) is 24.6. The van der Waals surface area contributed by atoms with E-state index in [1.165, 1.54) is 18.4 Å². The lowest BCUT2D eigenvalue weighted by molar-refractivity contribution is 0.177. The van der Waals surface area contributed by atoms with E-state index in [0.717, 1.165) is 30.9 Å². The first kappa shape index (κ1) is 11.5. The van der Waals surface area contributed by atoms with Crippen molar-refractivity contribution in [1.29, 1.82) is 0 Å². The Labute approximate surface area is 97.3 Å². The van der Waals surface area contributed by atoms with Crippen molar-refractivity contribution in [3.63, 3.8) is 0 Å². The van der Waals surface area contributed by atoms with Crippen molar-refractivity contribution in [3.8, 4) is 5.75 Å². The molecular weight excluding hydrogens is 200 g/mol. The Kier molecular flexibility index (Phi) is 3.83. The molecule has 88 valence electrons. The largest absolute Gasteiger partial charge is 0.497 e. The van der Waals surface area contributed by atoms with Crippen LogP contribution in [-0.2, 0) is 6.42 Å². The van der Waals surface area contributed by atoms with Gasteiger partial charge in [0.1, 0.15) is 5.75 Å². The van der Waals surface area contributed by atoms with Crippen molar-refractivity contribution in [2.75, 3.05) is 7.11 Å². The Morgan fingerprint density at radius 3 is 2.56 bits per heavy atom. The van der Waals surface area contributed by atoms with Crippen molar-refractivity contribution in [1.82, 2.24) is 0 Å². The van der Waals surface area contributed by atoms with Crippen LogP contribution in [0, 0.1) is 5.92 Å². The highest BCUT2D eigenvalue weighted by molar-refractivity contribution is 5.27. The topological polar surface area (TPSA) is 29.5 Å². The van der Waals surface area contributed by atoms with E-state index >= 15 is 0 Å². The van der Waals surface area contributed by atoms with Gasteiger partial charge in [-0.05, 0) is 55.7 Å². The highest BCUT2D eigenvalue weighted by atomic mass is 16.5. The molecule has 16 heavy (non-hydrogen) atoms. The van der Waals surface area contributed by atoms with Gasteiger partial charge in [0.25, 0.3) is 0 Å². The molecule has 1 fully saturated rings. The van der Waals surface area contributed by atoms with Gasteiger partial charge in [-0.3, -0.25) is 0 Å². The number of hydrogen-bond acceptors (Lipinski definition) is 2. The van der Waals surface area contributed by atoms with Crippen molar-refractivity contribution in [2.45, 2.75) is 38.2 Å². The van der Waals surface area contributed by atoms with Crippen LogP contribution >= 0.6 is 0 Å². The predicted octanol–water partition coefficient (Wildman–Crippen LogP) is 2.79. The fourth-order valence-electron chi connectivity index (χ4n) is 2.47. The van der Waals surface area contributed by atoms with Gasteiger partial charge in [-0.25, -0.2) is 0 Å². The molecule has 2 rings (SSSR count). The molecule has 1 aromatic rings. The third-order valence-corrected chi connectivity index (χ3v) is 3.51. The smallest absolute Gasteiger partial charge is 0.118 e. The zero-order chi connectivity index (χ0) is 11.4. The molecule has 1 aromatic carbocycles. The third-order valence-electron chi connectivity index (χ3n) is 3.51. The van der Waals surface area contributed by atoms with Crippen LogP contribution in [0.1, 0.15) is 31.2 Å². The van der Waals surface area contributed by atoms with Crippen molar-refractivity contribution < 1.29 is 9.84 Å². The van der Waals surface area contributed by atoms with Crippen LogP contribution in [0.3, 0.4) is 0 Å². The van der Waals surface area contributed by atoms with Gasteiger partial charge >= 0.3 is 0 Å². The Morgan fingerprint density at radius 2 is 2.00 bits per heavy atom. The van der Waals surface area contributed by atoms with Crippen LogP contribution in [0.15, 0.2) is 24.3 Å². The van der Waals surface area contributed by atoms with E-state index in [-0.39, 0.29) is 6.10 Å². The summed E-state index contributed by atoms with van der Waals surface area (Å²) in [7, 11) is 1.69. The van der Waals surface area contributed by atoms with E-state index in [9.17, 15) is 5.11 Å². The minimum Gasteiger partial charge on any atom is -0.497 e. The molecule has 0 aliphatic heterocycles. The van der Waals surface area contributed by atoms with Gasteiger partial charge in [-0.15, -0.1) is 0 Å². The molecule has 1 aliphatic rings. The number of aliphatic hydroxyl groups is 1. The van der Waals surface area contributed by atoms with Crippen LogP contribution < -0.4 is 4.74 Å². The van der Waals surface area contributed by atoms with Gasteiger partial charge < -0.3 is 9.84 Å². The monoisotopic (exact) mass is 220 g/mol. The molecule has 0 amide bonds. The summed E-state index contributed by atoms with van der Waals surface area (Å²) in [4.78, 5) is 0. The Morgan fingerprint density at radius 1 is 1.25 bits per heavy atom. The van der Waals surface area contributed by atoms with E-state index in [2.05, 4.69) is 12.1 Å². The summed E-state index contributed by atoms with van der Waals surface area (Å²) in [6.45, 7) is 0. The second kappa shape index (κ2) is 5.35.